The maximum absolute atomic E-state index is 3.90. The minimum atomic E-state index is 0.301. The van der Waals surface area contributed by atoms with Gasteiger partial charge in [-0.15, -0.1) is 0 Å². The molecule has 1 saturated heterocycles. The molecule has 1 heteroatoms. The van der Waals surface area contributed by atoms with E-state index in [1.165, 1.54) is 18.5 Å². The van der Waals surface area contributed by atoms with E-state index in [-0.39, 0.29) is 0 Å². The van der Waals surface area contributed by atoms with E-state index in [2.05, 4.69) is 25.7 Å². The first-order chi connectivity index (χ1) is 4.10. The molecular formula is C8H15N. The number of allylic oxidation sites excluding steroid dienone is 1. The van der Waals surface area contributed by atoms with Crippen LogP contribution in [-0.4, -0.2) is 5.54 Å². The maximum Gasteiger partial charge on any atom is 0.0314 e. The van der Waals surface area contributed by atoms with Gasteiger partial charge >= 0.3 is 0 Å². The van der Waals surface area contributed by atoms with Crippen molar-refractivity contribution in [2.75, 3.05) is 0 Å². The molecule has 1 nitrogen and oxygen atoms in total. The standard InChI is InChI=1S/C8H15N/c1-7-5-4-6-8(2,3)9-7/h9H,1,4-6H2,2-3H3. The summed E-state index contributed by atoms with van der Waals surface area (Å²) in [5, 5.41) is 3.36. The van der Waals surface area contributed by atoms with Gasteiger partial charge in [-0.1, -0.05) is 6.58 Å². The van der Waals surface area contributed by atoms with Crippen LogP contribution in [0.4, 0.5) is 0 Å². The van der Waals surface area contributed by atoms with Crippen LogP contribution in [0.2, 0.25) is 0 Å². The van der Waals surface area contributed by atoms with Crippen LogP contribution in [0, 0.1) is 0 Å². The molecule has 0 bridgehead atoms. The van der Waals surface area contributed by atoms with Crippen molar-refractivity contribution >= 4 is 0 Å². The Morgan fingerprint density at radius 3 is 2.56 bits per heavy atom. The number of hydrogen-bond acceptors (Lipinski definition) is 1. The molecule has 0 amide bonds. The Morgan fingerprint density at radius 1 is 1.56 bits per heavy atom. The summed E-state index contributed by atoms with van der Waals surface area (Å²) in [6.45, 7) is 8.34. The topological polar surface area (TPSA) is 12.0 Å². The van der Waals surface area contributed by atoms with Gasteiger partial charge < -0.3 is 5.32 Å². The van der Waals surface area contributed by atoms with Crippen LogP contribution in [0.3, 0.4) is 0 Å². The highest BCUT2D eigenvalue weighted by Gasteiger charge is 2.20. The van der Waals surface area contributed by atoms with Gasteiger partial charge in [0.05, 0.1) is 0 Å². The molecule has 0 radical (unpaired) electrons. The summed E-state index contributed by atoms with van der Waals surface area (Å²) in [5.41, 5.74) is 1.50. The Hall–Kier alpha value is -0.460. The second-order valence-electron chi connectivity index (χ2n) is 3.47. The lowest BCUT2D eigenvalue weighted by Gasteiger charge is -2.33. The van der Waals surface area contributed by atoms with Crippen LogP contribution in [0.1, 0.15) is 33.1 Å². The molecular weight excluding hydrogens is 110 g/mol. The van der Waals surface area contributed by atoms with E-state index >= 15 is 0 Å². The van der Waals surface area contributed by atoms with Crippen LogP contribution in [0.25, 0.3) is 0 Å². The summed E-state index contributed by atoms with van der Waals surface area (Å²) < 4.78 is 0. The summed E-state index contributed by atoms with van der Waals surface area (Å²) in [7, 11) is 0. The van der Waals surface area contributed by atoms with Crippen LogP contribution >= 0.6 is 0 Å². The SMILES string of the molecule is C=C1CCCC(C)(C)N1. The number of piperidine rings is 1. The van der Waals surface area contributed by atoms with Gasteiger partial charge in [-0.3, -0.25) is 0 Å². The highest BCUT2D eigenvalue weighted by Crippen LogP contribution is 2.21. The predicted molar refractivity (Wildman–Crippen MR) is 40.2 cm³/mol. The van der Waals surface area contributed by atoms with Crippen molar-refractivity contribution in [1.82, 2.24) is 5.32 Å². The molecule has 1 N–H and O–H groups in total. The molecule has 1 fully saturated rings. The lowest BCUT2D eigenvalue weighted by atomic mass is 9.92. The minimum Gasteiger partial charge on any atom is -0.384 e. The van der Waals surface area contributed by atoms with Crippen molar-refractivity contribution in [1.29, 1.82) is 0 Å². The van der Waals surface area contributed by atoms with Crippen LogP contribution in [-0.2, 0) is 0 Å². The first kappa shape index (κ1) is 6.66. The van der Waals surface area contributed by atoms with Crippen LogP contribution in [0.5, 0.6) is 0 Å². The van der Waals surface area contributed by atoms with Crippen molar-refractivity contribution in [3.63, 3.8) is 0 Å². The second-order valence-corrected chi connectivity index (χ2v) is 3.47. The molecule has 0 aromatic heterocycles. The van der Waals surface area contributed by atoms with E-state index in [0.29, 0.717) is 5.54 Å². The van der Waals surface area contributed by atoms with E-state index in [9.17, 15) is 0 Å². The highest BCUT2D eigenvalue weighted by atomic mass is 15.0. The van der Waals surface area contributed by atoms with Gasteiger partial charge in [0.1, 0.15) is 0 Å². The van der Waals surface area contributed by atoms with E-state index < -0.39 is 0 Å². The van der Waals surface area contributed by atoms with Crippen molar-refractivity contribution in [2.45, 2.75) is 38.6 Å². The highest BCUT2D eigenvalue weighted by molar-refractivity contribution is 5.01. The maximum atomic E-state index is 3.90. The Morgan fingerprint density at radius 2 is 2.22 bits per heavy atom. The Kier molecular flexibility index (Phi) is 1.52. The molecule has 0 aromatic rings. The summed E-state index contributed by atoms with van der Waals surface area (Å²) in [4.78, 5) is 0. The van der Waals surface area contributed by atoms with Gasteiger partial charge in [-0.05, 0) is 33.1 Å². The fourth-order valence-corrected chi connectivity index (χ4v) is 1.35. The molecule has 1 rings (SSSR count). The number of hydrogen-bond donors (Lipinski definition) is 1. The lowest BCUT2D eigenvalue weighted by Crippen LogP contribution is -2.41. The Labute approximate surface area is 57.1 Å². The Balaban J connectivity index is 2.51. The zero-order valence-electron chi connectivity index (χ0n) is 6.33. The molecule has 1 heterocycles. The predicted octanol–water partition coefficient (Wildman–Crippen LogP) is 2.05. The third-order valence-electron chi connectivity index (χ3n) is 1.80. The largest absolute Gasteiger partial charge is 0.384 e. The zero-order valence-corrected chi connectivity index (χ0v) is 6.33. The zero-order chi connectivity index (χ0) is 6.91. The molecule has 0 atom stereocenters. The fourth-order valence-electron chi connectivity index (χ4n) is 1.35. The molecule has 0 aliphatic carbocycles. The fraction of sp³-hybridized carbons (Fsp3) is 0.750. The quantitative estimate of drug-likeness (QED) is 0.522. The van der Waals surface area contributed by atoms with E-state index in [0.717, 1.165) is 6.42 Å². The van der Waals surface area contributed by atoms with Gasteiger partial charge in [-0.25, -0.2) is 0 Å². The van der Waals surface area contributed by atoms with Gasteiger partial charge in [0.25, 0.3) is 0 Å². The van der Waals surface area contributed by atoms with Crippen LogP contribution < -0.4 is 5.32 Å². The summed E-state index contributed by atoms with van der Waals surface area (Å²) >= 11 is 0. The molecule has 9 heavy (non-hydrogen) atoms. The molecule has 0 spiro atoms. The summed E-state index contributed by atoms with van der Waals surface area (Å²) in [6, 6.07) is 0. The lowest BCUT2D eigenvalue weighted by molar-refractivity contribution is 0.343. The van der Waals surface area contributed by atoms with E-state index in [4.69, 9.17) is 0 Å². The third kappa shape index (κ3) is 1.74. The van der Waals surface area contributed by atoms with E-state index in [1.54, 1.807) is 0 Å². The van der Waals surface area contributed by atoms with Gasteiger partial charge in [0, 0.05) is 11.2 Å². The normalized spacial score (nSPS) is 25.3. The smallest absolute Gasteiger partial charge is 0.0314 e. The Bertz CT molecular complexity index is 125. The second kappa shape index (κ2) is 2.05. The molecule has 0 saturated carbocycles. The monoisotopic (exact) mass is 125 g/mol. The van der Waals surface area contributed by atoms with Crippen molar-refractivity contribution in [2.24, 2.45) is 0 Å². The first-order valence-corrected chi connectivity index (χ1v) is 3.56. The third-order valence-corrected chi connectivity index (χ3v) is 1.80. The first-order valence-electron chi connectivity index (χ1n) is 3.56. The average Bonchev–Trinajstić information content (AvgIpc) is 1.60. The summed E-state index contributed by atoms with van der Waals surface area (Å²) in [5.74, 6) is 0. The van der Waals surface area contributed by atoms with Crippen molar-refractivity contribution < 1.29 is 0 Å². The average molecular weight is 125 g/mol. The molecule has 52 valence electrons. The molecule has 0 aromatic carbocycles. The van der Waals surface area contributed by atoms with Gasteiger partial charge in [-0.2, -0.15) is 0 Å². The van der Waals surface area contributed by atoms with Crippen LogP contribution in [0.15, 0.2) is 12.3 Å². The van der Waals surface area contributed by atoms with Crippen molar-refractivity contribution in [3.8, 4) is 0 Å². The van der Waals surface area contributed by atoms with Crippen molar-refractivity contribution in [3.05, 3.63) is 12.3 Å². The number of rotatable bonds is 0. The van der Waals surface area contributed by atoms with E-state index in [1.807, 2.05) is 0 Å². The molecule has 0 unspecified atom stereocenters. The number of nitrogens with one attached hydrogen (secondary N) is 1. The van der Waals surface area contributed by atoms with Gasteiger partial charge in [0.15, 0.2) is 0 Å². The molecule has 1 aliphatic rings. The van der Waals surface area contributed by atoms with Gasteiger partial charge in [0.2, 0.25) is 0 Å². The summed E-state index contributed by atoms with van der Waals surface area (Å²) in [6.07, 6.45) is 3.72. The minimum absolute atomic E-state index is 0.301. The molecule has 1 aliphatic heterocycles.